The molecule has 1 atom stereocenters. The number of likely N-dealkylation sites (N-methyl/N-ethyl adjacent to an activating group) is 2. The van der Waals surface area contributed by atoms with Crippen molar-refractivity contribution in [3.8, 4) is 0 Å². The highest BCUT2D eigenvalue weighted by atomic mass is 32.1. The molecule has 2 fully saturated rings. The van der Waals surface area contributed by atoms with Crippen LogP contribution < -0.4 is 5.32 Å². The lowest BCUT2D eigenvalue weighted by Gasteiger charge is -2.35. The zero-order chi connectivity index (χ0) is 14.8. The SMILES string of the molecule is Cc1sc(CNC2CC2)cc1CN(C)C1CCCN(C)C1. The first-order valence-electron chi connectivity index (χ1n) is 8.32. The van der Waals surface area contributed by atoms with Gasteiger partial charge >= 0.3 is 0 Å². The topological polar surface area (TPSA) is 18.5 Å². The van der Waals surface area contributed by atoms with Gasteiger partial charge in [0.25, 0.3) is 0 Å². The molecule has 0 aromatic carbocycles. The van der Waals surface area contributed by atoms with E-state index in [9.17, 15) is 0 Å². The number of rotatable bonds is 6. The lowest BCUT2D eigenvalue weighted by atomic mass is 10.0. The van der Waals surface area contributed by atoms with E-state index in [1.165, 1.54) is 54.1 Å². The van der Waals surface area contributed by atoms with Crippen LogP contribution in [0.2, 0.25) is 0 Å². The van der Waals surface area contributed by atoms with Crippen LogP contribution in [0.5, 0.6) is 0 Å². The Kier molecular flexibility index (Phi) is 4.99. The molecule has 1 N–H and O–H groups in total. The van der Waals surface area contributed by atoms with Crippen molar-refractivity contribution in [3.63, 3.8) is 0 Å². The van der Waals surface area contributed by atoms with Crippen molar-refractivity contribution in [2.45, 2.75) is 57.8 Å². The highest BCUT2D eigenvalue weighted by molar-refractivity contribution is 7.12. The van der Waals surface area contributed by atoms with Crippen molar-refractivity contribution < 1.29 is 0 Å². The van der Waals surface area contributed by atoms with Gasteiger partial charge in [0, 0.05) is 41.5 Å². The fraction of sp³-hybridized carbons (Fsp3) is 0.765. The standard InChI is InChI=1S/C17H29N3S/c1-13-14(9-17(21-13)10-18-15-6-7-15)11-20(3)16-5-4-8-19(2)12-16/h9,15-16,18H,4-8,10-12H2,1-3H3. The summed E-state index contributed by atoms with van der Waals surface area (Å²) in [6, 6.07) is 3.95. The number of nitrogens with zero attached hydrogens (tertiary/aromatic N) is 2. The molecule has 0 bridgehead atoms. The van der Waals surface area contributed by atoms with E-state index in [0.29, 0.717) is 0 Å². The predicted molar refractivity (Wildman–Crippen MR) is 90.9 cm³/mol. The summed E-state index contributed by atoms with van der Waals surface area (Å²) in [5, 5.41) is 3.63. The summed E-state index contributed by atoms with van der Waals surface area (Å²) >= 11 is 1.97. The molecule has 1 unspecified atom stereocenters. The fourth-order valence-electron chi connectivity index (χ4n) is 3.26. The minimum Gasteiger partial charge on any atom is -0.309 e. The van der Waals surface area contributed by atoms with Crippen molar-refractivity contribution >= 4 is 11.3 Å². The Labute approximate surface area is 133 Å². The maximum absolute atomic E-state index is 3.63. The zero-order valence-electron chi connectivity index (χ0n) is 13.7. The van der Waals surface area contributed by atoms with Crippen molar-refractivity contribution in [1.82, 2.24) is 15.1 Å². The van der Waals surface area contributed by atoms with Crippen LogP contribution in [-0.2, 0) is 13.1 Å². The molecule has 0 amide bonds. The van der Waals surface area contributed by atoms with Crippen molar-refractivity contribution in [3.05, 3.63) is 21.4 Å². The van der Waals surface area contributed by atoms with Gasteiger partial charge in [-0.25, -0.2) is 0 Å². The van der Waals surface area contributed by atoms with E-state index in [2.05, 4.69) is 42.2 Å². The molecule has 1 saturated heterocycles. The predicted octanol–water partition coefficient (Wildman–Crippen LogP) is 2.83. The second kappa shape index (κ2) is 6.78. The van der Waals surface area contributed by atoms with Crippen LogP contribution in [0, 0.1) is 6.92 Å². The zero-order valence-corrected chi connectivity index (χ0v) is 14.5. The maximum Gasteiger partial charge on any atom is 0.0302 e. The summed E-state index contributed by atoms with van der Waals surface area (Å²) in [5.41, 5.74) is 1.53. The first-order chi connectivity index (χ1) is 10.1. The summed E-state index contributed by atoms with van der Waals surface area (Å²) in [4.78, 5) is 8.03. The van der Waals surface area contributed by atoms with Crippen LogP contribution in [-0.4, -0.2) is 49.1 Å². The van der Waals surface area contributed by atoms with E-state index in [4.69, 9.17) is 0 Å². The molecule has 2 heterocycles. The molecule has 21 heavy (non-hydrogen) atoms. The van der Waals surface area contributed by atoms with Gasteiger partial charge < -0.3 is 10.2 Å². The minimum atomic E-state index is 0.719. The lowest BCUT2D eigenvalue weighted by molar-refractivity contribution is 0.129. The van der Waals surface area contributed by atoms with Crippen LogP contribution >= 0.6 is 11.3 Å². The van der Waals surface area contributed by atoms with E-state index in [-0.39, 0.29) is 0 Å². The van der Waals surface area contributed by atoms with Crippen molar-refractivity contribution in [1.29, 1.82) is 0 Å². The molecule has 1 aliphatic heterocycles. The number of likely N-dealkylation sites (tertiary alicyclic amines) is 1. The van der Waals surface area contributed by atoms with Gasteiger partial charge in [-0.05, 0) is 64.9 Å². The summed E-state index contributed by atoms with van der Waals surface area (Å²) < 4.78 is 0. The Balaban J connectivity index is 1.55. The number of hydrogen-bond acceptors (Lipinski definition) is 4. The third-order valence-electron chi connectivity index (χ3n) is 4.86. The largest absolute Gasteiger partial charge is 0.309 e. The highest BCUT2D eigenvalue weighted by Crippen LogP contribution is 2.26. The first-order valence-corrected chi connectivity index (χ1v) is 9.14. The van der Waals surface area contributed by atoms with Gasteiger partial charge in [-0.2, -0.15) is 0 Å². The van der Waals surface area contributed by atoms with Gasteiger partial charge in [-0.3, -0.25) is 4.90 Å². The van der Waals surface area contributed by atoms with Gasteiger partial charge in [-0.15, -0.1) is 11.3 Å². The smallest absolute Gasteiger partial charge is 0.0302 e. The first kappa shape index (κ1) is 15.5. The molecule has 0 radical (unpaired) electrons. The van der Waals surface area contributed by atoms with Crippen LogP contribution in [0.1, 0.15) is 41.0 Å². The van der Waals surface area contributed by atoms with Crippen molar-refractivity contribution in [2.24, 2.45) is 0 Å². The maximum atomic E-state index is 3.63. The van der Waals surface area contributed by atoms with Crippen LogP contribution in [0.15, 0.2) is 6.07 Å². The van der Waals surface area contributed by atoms with Crippen molar-refractivity contribution in [2.75, 3.05) is 27.2 Å². The summed E-state index contributed by atoms with van der Waals surface area (Å²) in [6.07, 6.45) is 5.43. The molecule has 1 saturated carbocycles. The number of thiophene rings is 1. The van der Waals surface area contributed by atoms with Crippen LogP contribution in [0.25, 0.3) is 0 Å². The Morgan fingerprint density at radius 2 is 2.19 bits per heavy atom. The molecule has 1 aliphatic carbocycles. The summed E-state index contributed by atoms with van der Waals surface area (Å²) in [5.74, 6) is 0. The Hall–Kier alpha value is -0.420. The summed E-state index contributed by atoms with van der Waals surface area (Å²) in [7, 11) is 4.54. The average molecular weight is 308 g/mol. The van der Waals surface area contributed by atoms with E-state index in [1.807, 2.05) is 11.3 Å². The Morgan fingerprint density at radius 3 is 2.90 bits per heavy atom. The number of hydrogen-bond donors (Lipinski definition) is 1. The molecule has 4 heteroatoms. The van der Waals surface area contributed by atoms with Gasteiger partial charge in [0.1, 0.15) is 0 Å². The Bertz CT molecular complexity index is 467. The second-order valence-corrected chi connectivity index (χ2v) is 8.26. The molecule has 1 aromatic heterocycles. The molecule has 118 valence electrons. The van der Waals surface area contributed by atoms with Crippen LogP contribution in [0.3, 0.4) is 0 Å². The molecular formula is C17H29N3S. The van der Waals surface area contributed by atoms with Gasteiger partial charge in [0.2, 0.25) is 0 Å². The van der Waals surface area contributed by atoms with Gasteiger partial charge in [-0.1, -0.05) is 0 Å². The quantitative estimate of drug-likeness (QED) is 0.872. The highest BCUT2D eigenvalue weighted by Gasteiger charge is 2.23. The minimum absolute atomic E-state index is 0.719. The Morgan fingerprint density at radius 1 is 1.38 bits per heavy atom. The van der Waals surface area contributed by atoms with E-state index in [1.54, 1.807) is 0 Å². The number of piperidine rings is 1. The molecule has 2 aliphatic rings. The third-order valence-corrected chi connectivity index (χ3v) is 5.95. The number of aryl methyl sites for hydroxylation is 1. The van der Waals surface area contributed by atoms with E-state index >= 15 is 0 Å². The molecule has 3 nitrogen and oxygen atoms in total. The molecule has 1 aromatic rings. The second-order valence-electron chi connectivity index (χ2n) is 6.92. The van der Waals surface area contributed by atoms with Crippen LogP contribution in [0.4, 0.5) is 0 Å². The molecular weight excluding hydrogens is 278 g/mol. The number of nitrogens with one attached hydrogen (secondary N) is 1. The van der Waals surface area contributed by atoms with E-state index < -0.39 is 0 Å². The average Bonchev–Trinajstić information content (AvgIpc) is 3.22. The van der Waals surface area contributed by atoms with Gasteiger partial charge in [0.05, 0.1) is 0 Å². The van der Waals surface area contributed by atoms with E-state index in [0.717, 1.165) is 25.2 Å². The fourth-order valence-corrected chi connectivity index (χ4v) is 4.27. The third kappa shape index (κ3) is 4.28. The molecule has 0 spiro atoms. The lowest BCUT2D eigenvalue weighted by Crippen LogP contribution is -2.44. The molecule has 3 rings (SSSR count). The monoisotopic (exact) mass is 307 g/mol. The van der Waals surface area contributed by atoms with Gasteiger partial charge in [0.15, 0.2) is 0 Å². The normalized spacial score (nSPS) is 23.9. The summed E-state index contributed by atoms with van der Waals surface area (Å²) in [6.45, 7) is 6.92.